The molecule has 0 N–H and O–H groups in total. The Bertz CT molecular complexity index is 672. The molecular weight excluding hydrogens is 289 g/mol. The zero-order chi connectivity index (χ0) is 14.8. The number of halogens is 1. The molecule has 3 rings (SSSR count). The summed E-state index contributed by atoms with van der Waals surface area (Å²) in [4.78, 5) is 25.7. The minimum atomic E-state index is -0.455. The van der Waals surface area contributed by atoms with Crippen LogP contribution in [-0.4, -0.2) is 16.4 Å². The van der Waals surface area contributed by atoms with Gasteiger partial charge in [0.15, 0.2) is 0 Å². The van der Waals surface area contributed by atoms with Crippen molar-refractivity contribution in [3.63, 3.8) is 0 Å². The van der Waals surface area contributed by atoms with E-state index in [-0.39, 0.29) is 17.0 Å². The highest BCUT2D eigenvalue weighted by Crippen LogP contribution is 2.33. The normalized spacial score (nSPS) is 18.3. The van der Waals surface area contributed by atoms with Gasteiger partial charge in [0.1, 0.15) is 5.82 Å². The molecule has 5 heteroatoms. The minimum absolute atomic E-state index is 0.222. The first kappa shape index (κ1) is 13.8. The fourth-order valence-corrected chi connectivity index (χ4v) is 3.26. The van der Waals surface area contributed by atoms with E-state index in [0.717, 1.165) is 17.3 Å². The molecule has 0 radical (unpaired) electrons. The van der Waals surface area contributed by atoms with Crippen molar-refractivity contribution in [3.8, 4) is 0 Å². The first-order valence-corrected chi connectivity index (χ1v) is 7.37. The zero-order valence-corrected chi connectivity index (χ0v) is 11.8. The van der Waals surface area contributed by atoms with Gasteiger partial charge in [-0.3, -0.25) is 9.59 Å². The molecule has 2 amide bonds. The van der Waals surface area contributed by atoms with Crippen molar-refractivity contribution in [1.29, 1.82) is 0 Å². The molecule has 21 heavy (non-hydrogen) atoms. The Labute approximate surface area is 125 Å². The van der Waals surface area contributed by atoms with Gasteiger partial charge in [-0.25, -0.2) is 9.29 Å². The average molecular weight is 301 g/mol. The lowest BCUT2D eigenvalue weighted by atomic mass is 10.1. The Morgan fingerprint density at radius 3 is 2.33 bits per heavy atom. The van der Waals surface area contributed by atoms with Crippen molar-refractivity contribution in [2.45, 2.75) is 11.7 Å². The quantitative estimate of drug-likeness (QED) is 0.868. The van der Waals surface area contributed by atoms with E-state index in [1.54, 1.807) is 36.4 Å². The van der Waals surface area contributed by atoms with Crippen molar-refractivity contribution in [2.75, 3.05) is 4.90 Å². The predicted octanol–water partition coefficient (Wildman–Crippen LogP) is 3.64. The van der Waals surface area contributed by atoms with E-state index in [4.69, 9.17) is 0 Å². The van der Waals surface area contributed by atoms with Crippen LogP contribution in [0.25, 0.3) is 0 Å². The molecule has 106 valence electrons. The maximum absolute atomic E-state index is 12.9. The molecule has 1 aliphatic rings. The summed E-state index contributed by atoms with van der Waals surface area (Å²) in [5.41, 5.74) is 1.42. The van der Waals surface area contributed by atoms with Crippen LogP contribution < -0.4 is 4.90 Å². The van der Waals surface area contributed by atoms with Crippen molar-refractivity contribution in [1.82, 2.24) is 0 Å². The van der Waals surface area contributed by atoms with Crippen LogP contribution in [0.5, 0.6) is 0 Å². The number of nitrogens with zero attached hydrogens (tertiary/aromatic N) is 1. The van der Waals surface area contributed by atoms with Gasteiger partial charge in [-0.05, 0) is 36.2 Å². The number of para-hydroxylation sites is 1. The van der Waals surface area contributed by atoms with Crippen molar-refractivity contribution < 1.29 is 14.0 Å². The van der Waals surface area contributed by atoms with E-state index in [2.05, 4.69) is 0 Å². The molecule has 0 aliphatic carbocycles. The molecule has 0 unspecified atom stereocenters. The van der Waals surface area contributed by atoms with Crippen LogP contribution in [0.2, 0.25) is 0 Å². The maximum Gasteiger partial charge on any atom is 0.293 e. The zero-order valence-electron chi connectivity index (χ0n) is 11.0. The number of amides is 2. The Hall–Kier alpha value is -2.14. The third-order valence-electron chi connectivity index (χ3n) is 3.27. The first-order chi connectivity index (χ1) is 10.1. The van der Waals surface area contributed by atoms with Crippen molar-refractivity contribution in [2.24, 2.45) is 0 Å². The van der Waals surface area contributed by atoms with Gasteiger partial charge in [0, 0.05) is 0 Å². The number of carbonyl (C=O) groups excluding carboxylic acids is 2. The number of hydrogen-bond acceptors (Lipinski definition) is 3. The number of carbonyl (C=O) groups is 2. The summed E-state index contributed by atoms with van der Waals surface area (Å²) >= 11 is 1.02. The van der Waals surface area contributed by atoms with Crippen LogP contribution in [0.1, 0.15) is 5.56 Å². The van der Waals surface area contributed by atoms with Gasteiger partial charge in [-0.2, -0.15) is 0 Å². The summed E-state index contributed by atoms with van der Waals surface area (Å²) < 4.78 is 12.9. The number of anilines is 1. The second kappa shape index (κ2) is 5.69. The fourth-order valence-electron chi connectivity index (χ4n) is 2.23. The Balaban J connectivity index is 1.79. The summed E-state index contributed by atoms with van der Waals surface area (Å²) in [5, 5.41) is -0.721. The van der Waals surface area contributed by atoms with Gasteiger partial charge in [0.05, 0.1) is 10.9 Å². The summed E-state index contributed by atoms with van der Waals surface area (Å²) in [6, 6.07) is 14.9. The summed E-state index contributed by atoms with van der Waals surface area (Å²) in [6.07, 6.45) is 0.416. The molecule has 1 aliphatic heterocycles. The Morgan fingerprint density at radius 2 is 1.67 bits per heavy atom. The van der Waals surface area contributed by atoms with E-state index >= 15 is 0 Å². The molecule has 0 aromatic heterocycles. The number of imide groups is 1. The van der Waals surface area contributed by atoms with E-state index in [0.29, 0.717) is 12.1 Å². The molecule has 0 spiro atoms. The number of rotatable bonds is 3. The molecule has 1 saturated heterocycles. The third-order valence-corrected chi connectivity index (χ3v) is 4.31. The van der Waals surface area contributed by atoms with Gasteiger partial charge in [0.2, 0.25) is 5.91 Å². The van der Waals surface area contributed by atoms with E-state index in [1.807, 2.05) is 6.07 Å². The van der Waals surface area contributed by atoms with Crippen molar-refractivity contribution in [3.05, 3.63) is 66.0 Å². The minimum Gasteiger partial charge on any atom is -0.273 e. The van der Waals surface area contributed by atoms with Crippen LogP contribution in [0.15, 0.2) is 54.6 Å². The van der Waals surface area contributed by atoms with Gasteiger partial charge >= 0.3 is 0 Å². The molecule has 2 aromatic rings. The summed E-state index contributed by atoms with van der Waals surface area (Å²) in [5.74, 6) is -0.535. The lowest BCUT2D eigenvalue weighted by Gasteiger charge is -2.13. The molecule has 1 heterocycles. The fraction of sp³-hybridized carbons (Fsp3) is 0.125. The highest BCUT2D eigenvalue weighted by Gasteiger charge is 2.40. The first-order valence-electron chi connectivity index (χ1n) is 6.49. The smallest absolute Gasteiger partial charge is 0.273 e. The topological polar surface area (TPSA) is 37.4 Å². The monoisotopic (exact) mass is 301 g/mol. The van der Waals surface area contributed by atoms with Gasteiger partial charge < -0.3 is 0 Å². The predicted molar refractivity (Wildman–Crippen MR) is 80.8 cm³/mol. The van der Waals surface area contributed by atoms with Crippen LogP contribution in [0, 0.1) is 5.82 Å². The summed E-state index contributed by atoms with van der Waals surface area (Å²) in [7, 11) is 0. The number of benzene rings is 2. The van der Waals surface area contributed by atoms with Crippen LogP contribution in [-0.2, 0) is 11.2 Å². The lowest BCUT2D eigenvalue weighted by molar-refractivity contribution is -0.117. The van der Waals surface area contributed by atoms with Gasteiger partial charge in [-0.1, -0.05) is 42.1 Å². The highest BCUT2D eigenvalue weighted by atomic mass is 32.2. The van der Waals surface area contributed by atoms with Crippen LogP contribution in [0.3, 0.4) is 0 Å². The standard InChI is InChI=1S/C16H12FNO2S/c17-12-8-6-11(7-9-12)10-14-15(19)18(16(20)21-14)13-4-2-1-3-5-13/h1-9,14H,10H2/t14-/m1/s1. The highest BCUT2D eigenvalue weighted by molar-refractivity contribution is 8.15. The second-order valence-corrected chi connectivity index (χ2v) is 5.87. The van der Waals surface area contributed by atoms with E-state index in [9.17, 15) is 14.0 Å². The van der Waals surface area contributed by atoms with Gasteiger partial charge in [-0.15, -0.1) is 0 Å². The number of hydrogen-bond donors (Lipinski definition) is 0. The second-order valence-electron chi connectivity index (χ2n) is 4.71. The molecular formula is C16H12FNO2S. The Kier molecular flexibility index (Phi) is 3.75. The average Bonchev–Trinajstić information content (AvgIpc) is 2.77. The molecule has 3 nitrogen and oxygen atoms in total. The third kappa shape index (κ3) is 2.83. The molecule has 0 bridgehead atoms. The summed E-state index contributed by atoms with van der Waals surface area (Å²) in [6.45, 7) is 0. The SMILES string of the molecule is O=C1S[C@H](Cc2ccc(F)cc2)C(=O)N1c1ccccc1. The van der Waals surface area contributed by atoms with Crippen molar-refractivity contribution >= 4 is 28.6 Å². The molecule has 2 aromatic carbocycles. The number of thioether (sulfide) groups is 1. The lowest BCUT2D eigenvalue weighted by Crippen LogP contribution is -2.32. The molecule has 0 saturated carbocycles. The van der Waals surface area contributed by atoms with Gasteiger partial charge in [0.25, 0.3) is 5.24 Å². The molecule has 1 fully saturated rings. The maximum atomic E-state index is 12.9. The molecule has 1 atom stereocenters. The Morgan fingerprint density at radius 1 is 1.00 bits per heavy atom. The largest absolute Gasteiger partial charge is 0.293 e. The van der Waals surface area contributed by atoms with Crippen LogP contribution >= 0.6 is 11.8 Å². The van der Waals surface area contributed by atoms with Crippen LogP contribution in [0.4, 0.5) is 14.9 Å². The van der Waals surface area contributed by atoms with E-state index in [1.165, 1.54) is 17.0 Å². The van der Waals surface area contributed by atoms with E-state index < -0.39 is 5.25 Å².